The average molecular weight is 225 g/mol. The van der Waals surface area contributed by atoms with Crippen molar-refractivity contribution < 1.29 is 4.79 Å². The molecule has 0 spiro atoms. The van der Waals surface area contributed by atoms with Gasteiger partial charge in [-0.1, -0.05) is 42.5 Å². The fraction of sp³-hybridized carbons (Fsp3) is 0.133. The standard InChI is InChI=1S/C15H15NO/c1-12-7-5-6-10-14(12)15(17)11-16-13-8-3-2-4-9-13/h2-10,16H,11H2,1H3. The third-order valence-electron chi connectivity index (χ3n) is 2.67. The number of benzene rings is 2. The molecule has 0 aliphatic heterocycles. The molecule has 0 radical (unpaired) electrons. The van der Waals surface area contributed by atoms with Gasteiger partial charge in [-0.15, -0.1) is 0 Å². The van der Waals surface area contributed by atoms with E-state index in [9.17, 15) is 4.79 Å². The maximum Gasteiger partial charge on any atom is 0.182 e. The monoisotopic (exact) mass is 225 g/mol. The van der Waals surface area contributed by atoms with Gasteiger partial charge in [0.15, 0.2) is 5.78 Å². The number of carbonyl (C=O) groups excluding carboxylic acids is 1. The number of para-hydroxylation sites is 1. The number of nitrogens with one attached hydrogen (secondary N) is 1. The van der Waals surface area contributed by atoms with Crippen LogP contribution in [0, 0.1) is 6.92 Å². The van der Waals surface area contributed by atoms with Crippen molar-refractivity contribution in [3.8, 4) is 0 Å². The molecule has 2 aromatic rings. The van der Waals surface area contributed by atoms with Gasteiger partial charge in [-0.05, 0) is 24.6 Å². The first-order chi connectivity index (χ1) is 8.27. The van der Waals surface area contributed by atoms with Crippen LogP contribution in [0.1, 0.15) is 15.9 Å². The number of carbonyl (C=O) groups is 1. The van der Waals surface area contributed by atoms with E-state index in [2.05, 4.69) is 5.32 Å². The van der Waals surface area contributed by atoms with E-state index in [0.717, 1.165) is 16.8 Å². The second kappa shape index (κ2) is 5.30. The molecule has 0 bridgehead atoms. The highest BCUT2D eigenvalue weighted by Crippen LogP contribution is 2.09. The first-order valence-corrected chi connectivity index (χ1v) is 5.65. The lowest BCUT2D eigenvalue weighted by atomic mass is 10.1. The van der Waals surface area contributed by atoms with Crippen LogP contribution in [0.3, 0.4) is 0 Å². The molecule has 0 atom stereocenters. The van der Waals surface area contributed by atoms with Crippen LogP contribution in [0.25, 0.3) is 0 Å². The highest BCUT2D eigenvalue weighted by atomic mass is 16.1. The SMILES string of the molecule is Cc1ccccc1C(=O)CNc1ccccc1. The van der Waals surface area contributed by atoms with Crippen LogP contribution in [0.5, 0.6) is 0 Å². The Labute approximate surface area is 101 Å². The van der Waals surface area contributed by atoms with Crippen molar-refractivity contribution in [1.29, 1.82) is 0 Å². The Morgan fingerprint density at radius 2 is 1.65 bits per heavy atom. The summed E-state index contributed by atoms with van der Waals surface area (Å²) in [4.78, 5) is 12.0. The Morgan fingerprint density at radius 1 is 1.00 bits per heavy atom. The molecule has 2 nitrogen and oxygen atoms in total. The summed E-state index contributed by atoms with van der Waals surface area (Å²) in [7, 11) is 0. The zero-order valence-electron chi connectivity index (χ0n) is 9.81. The largest absolute Gasteiger partial charge is 0.378 e. The van der Waals surface area contributed by atoms with Gasteiger partial charge in [0.25, 0.3) is 0 Å². The molecule has 0 aliphatic rings. The third-order valence-corrected chi connectivity index (χ3v) is 2.67. The van der Waals surface area contributed by atoms with Gasteiger partial charge in [-0.3, -0.25) is 4.79 Å². The van der Waals surface area contributed by atoms with E-state index >= 15 is 0 Å². The molecular formula is C15H15NO. The fourth-order valence-corrected chi connectivity index (χ4v) is 1.72. The predicted molar refractivity (Wildman–Crippen MR) is 70.4 cm³/mol. The lowest BCUT2D eigenvalue weighted by Crippen LogP contribution is -2.14. The van der Waals surface area contributed by atoms with Crippen LogP contribution >= 0.6 is 0 Å². The zero-order chi connectivity index (χ0) is 12.1. The number of ketones is 1. The molecule has 0 amide bonds. The van der Waals surface area contributed by atoms with E-state index in [1.807, 2.05) is 61.5 Å². The van der Waals surface area contributed by atoms with E-state index in [1.54, 1.807) is 0 Å². The van der Waals surface area contributed by atoms with Crippen molar-refractivity contribution in [2.24, 2.45) is 0 Å². The molecule has 2 rings (SSSR count). The minimum Gasteiger partial charge on any atom is -0.378 e. The molecular weight excluding hydrogens is 210 g/mol. The van der Waals surface area contributed by atoms with Crippen molar-refractivity contribution in [2.45, 2.75) is 6.92 Å². The summed E-state index contributed by atoms with van der Waals surface area (Å²) in [6.07, 6.45) is 0. The van der Waals surface area contributed by atoms with Gasteiger partial charge < -0.3 is 5.32 Å². The van der Waals surface area contributed by atoms with Gasteiger partial charge >= 0.3 is 0 Å². The van der Waals surface area contributed by atoms with Gasteiger partial charge in [0.1, 0.15) is 0 Å². The summed E-state index contributed by atoms with van der Waals surface area (Å²) < 4.78 is 0. The Balaban J connectivity index is 2.01. The highest BCUT2D eigenvalue weighted by Gasteiger charge is 2.07. The maximum absolute atomic E-state index is 12.0. The highest BCUT2D eigenvalue weighted by molar-refractivity contribution is 6.00. The van der Waals surface area contributed by atoms with Crippen molar-refractivity contribution in [3.63, 3.8) is 0 Å². The van der Waals surface area contributed by atoms with Crippen molar-refractivity contribution in [1.82, 2.24) is 0 Å². The van der Waals surface area contributed by atoms with Crippen LogP contribution in [0.4, 0.5) is 5.69 Å². The minimum absolute atomic E-state index is 0.118. The summed E-state index contributed by atoms with van der Waals surface area (Å²) >= 11 is 0. The molecule has 0 aliphatic carbocycles. The summed E-state index contributed by atoms with van der Waals surface area (Å²) in [5, 5.41) is 3.12. The number of rotatable bonds is 4. The Kier molecular flexibility index (Phi) is 3.55. The molecule has 2 aromatic carbocycles. The van der Waals surface area contributed by atoms with Crippen molar-refractivity contribution in [3.05, 3.63) is 65.7 Å². The average Bonchev–Trinajstić information content (AvgIpc) is 2.38. The van der Waals surface area contributed by atoms with E-state index in [0.29, 0.717) is 6.54 Å². The molecule has 2 heteroatoms. The molecule has 0 heterocycles. The molecule has 0 aromatic heterocycles. The Bertz CT molecular complexity index is 505. The summed E-state index contributed by atoms with van der Waals surface area (Å²) in [6.45, 7) is 2.28. The van der Waals surface area contributed by atoms with Crippen LogP contribution in [-0.2, 0) is 0 Å². The second-order valence-electron chi connectivity index (χ2n) is 3.96. The number of hydrogen-bond donors (Lipinski definition) is 1. The first kappa shape index (κ1) is 11.4. The van der Waals surface area contributed by atoms with Crippen LogP contribution < -0.4 is 5.32 Å². The Morgan fingerprint density at radius 3 is 2.35 bits per heavy atom. The summed E-state index contributed by atoms with van der Waals surface area (Å²) in [6, 6.07) is 17.4. The van der Waals surface area contributed by atoms with E-state index in [4.69, 9.17) is 0 Å². The second-order valence-corrected chi connectivity index (χ2v) is 3.96. The van der Waals surface area contributed by atoms with Crippen LogP contribution in [-0.4, -0.2) is 12.3 Å². The van der Waals surface area contributed by atoms with E-state index in [-0.39, 0.29) is 5.78 Å². The van der Waals surface area contributed by atoms with Gasteiger partial charge in [0.2, 0.25) is 0 Å². The first-order valence-electron chi connectivity index (χ1n) is 5.65. The maximum atomic E-state index is 12.0. The molecule has 0 fully saturated rings. The number of hydrogen-bond acceptors (Lipinski definition) is 2. The molecule has 0 unspecified atom stereocenters. The Hall–Kier alpha value is -2.09. The van der Waals surface area contributed by atoms with E-state index < -0.39 is 0 Å². The van der Waals surface area contributed by atoms with Crippen molar-refractivity contribution >= 4 is 11.5 Å². The smallest absolute Gasteiger partial charge is 0.182 e. The topological polar surface area (TPSA) is 29.1 Å². The molecule has 0 saturated carbocycles. The van der Waals surface area contributed by atoms with Crippen LogP contribution in [0.15, 0.2) is 54.6 Å². The minimum atomic E-state index is 0.118. The molecule has 17 heavy (non-hydrogen) atoms. The summed E-state index contributed by atoms with van der Waals surface area (Å²) in [5.74, 6) is 0.118. The lowest BCUT2D eigenvalue weighted by molar-refractivity contribution is 0.101. The third kappa shape index (κ3) is 2.94. The fourth-order valence-electron chi connectivity index (χ4n) is 1.72. The molecule has 0 saturated heterocycles. The predicted octanol–water partition coefficient (Wildman–Crippen LogP) is 3.29. The van der Waals surface area contributed by atoms with Gasteiger partial charge in [0.05, 0.1) is 6.54 Å². The summed E-state index contributed by atoms with van der Waals surface area (Å²) in [5.41, 5.74) is 2.78. The van der Waals surface area contributed by atoms with Crippen molar-refractivity contribution in [2.75, 3.05) is 11.9 Å². The van der Waals surface area contributed by atoms with Crippen LogP contribution in [0.2, 0.25) is 0 Å². The number of Topliss-reactive ketones (excluding diaryl/α,β-unsaturated/α-hetero) is 1. The van der Waals surface area contributed by atoms with E-state index in [1.165, 1.54) is 0 Å². The quantitative estimate of drug-likeness (QED) is 0.809. The van der Waals surface area contributed by atoms with Gasteiger partial charge in [-0.25, -0.2) is 0 Å². The van der Waals surface area contributed by atoms with Gasteiger partial charge in [0, 0.05) is 11.3 Å². The number of anilines is 1. The molecule has 1 N–H and O–H groups in total. The lowest BCUT2D eigenvalue weighted by Gasteiger charge is -2.07. The number of aryl methyl sites for hydroxylation is 1. The zero-order valence-corrected chi connectivity index (χ0v) is 9.81. The van der Waals surface area contributed by atoms with Gasteiger partial charge in [-0.2, -0.15) is 0 Å². The molecule has 86 valence electrons. The normalized spacial score (nSPS) is 9.94.